The van der Waals surface area contributed by atoms with Gasteiger partial charge in [-0.2, -0.15) is 0 Å². The van der Waals surface area contributed by atoms with Crippen LogP contribution in [0.5, 0.6) is 0 Å². The highest BCUT2D eigenvalue weighted by molar-refractivity contribution is 6.35. The van der Waals surface area contributed by atoms with Crippen LogP contribution in [0.4, 0.5) is 0 Å². The third-order valence-electron chi connectivity index (χ3n) is 4.08. The minimum absolute atomic E-state index is 0.0231. The van der Waals surface area contributed by atoms with E-state index in [-0.39, 0.29) is 17.7 Å². The lowest BCUT2D eigenvalue weighted by Gasteiger charge is -2.32. The van der Waals surface area contributed by atoms with Crippen LogP contribution in [0.15, 0.2) is 18.2 Å². The fourth-order valence-corrected chi connectivity index (χ4v) is 3.26. The highest BCUT2D eigenvalue weighted by atomic mass is 35.5. The topological polar surface area (TPSA) is 49.4 Å². The van der Waals surface area contributed by atoms with Gasteiger partial charge in [0, 0.05) is 36.1 Å². The van der Waals surface area contributed by atoms with Crippen LogP contribution < -0.4 is 5.32 Å². The van der Waals surface area contributed by atoms with E-state index in [1.54, 1.807) is 12.1 Å². The Morgan fingerprint density at radius 3 is 2.83 bits per heavy atom. The second-order valence-corrected chi connectivity index (χ2v) is 6.73. The number of amides is 2. The lowest BCUT2D eigenvalue weighted by atomic mass is 9.96. The minimum atomic E-state index is -0.143. The minimum Gasteiger partial charge on any atom is -0.352 e. The number of carbonyl (C=O) groups excluding carboxylic acids is 2. The molecule has 6 heteroatoms. The molecular formula is C17H22Cl2N2O2. The van der Waals surface area contributed by atoms with E-state index in [9.17, 15) is 9.59 Å². The molecule has 0 aromatic heterocycles. The van der Waals surface area contributed by atoms with E-state index >= 15 is 0 Å². The lowest BCUT2D eigenvalue weighted by molar-refractivity contribution is -0.135. The van der Waals surface area contributed by atoms with Gasteiger partial charge in [0.1, 0.15) is 0 Å². The predicted octanol–water partition coefficient (Wildman–Crippen LogP) is 3.65. The van der Waals surface area contributed by atoms with Gasteiger partial charge in [-0.1, -0.05) is 36.2 Å². The summed E-state index contributed by atoms with van der Waals surface area (Å²) < 4.78 is 0. The van der Waals surface area contributed by atoms with Gasteiger partial charge in [0.05, 0.1) is 5.92 Å². The standard InChI is InChI=1S/C17H22Cl2N2O2/c1-2-4-16(22)21-8-3-5-13(11-21)17(23)20-10-12-6-7-14(18)9-15(12)19/h6-7,9,13H,2-5,8,10-11H2,1H3,(H,20,23). The molecule has 2 amide bonds. The Bertz CT molecular complexity index is 578. The normalized spacial score (nSPS) is 17.9. The number of nitrogens with zero attached hydrogens (tertiary/aromatic N) is 1. The van der Waals surface area contributed by atoms with Crippen molar-refractivity contribution in [3.63, 3.8) is 0 Å². The summed E-state index contributed by atoms with van der Waals surface area (Å²) in [5.41, 5.74) is 0.833. The molecule has 23 heavy (non-hydrogen) atoms. The summed E-state index contributed by atoms with van der Waals surface area (Å²) in [5.74, 6) is -0.0219. The maximum absolute atomic E-state index is 12.4. The molecule has 126 valence electrons. The van der Waals surface area contributed by atoms with Gasteiger partial charge < -0.3 is 10.2 Å². The first-order valence-electron chi connectivity index (χ1n) is 8.00. The average Bonchev–Trinajstić information content (AvgIpc) is 2.54. The van der Waals surface area contributed by atoms with Gasteiger partial charge in [0.2, 0.25) is 11.8 Å². The fraction of sp³-hybridized carbons (Fsp3) is 0.529. The first kappa shape index (κ1) is 18.1. The molecule has 1 aliphatic heterocycles. The first-order valence-corrected chi connectivity index (χ1v) is 8.76. The molecule has 1 saturated heterocycles. The van der Waals surface area contributed by atoms with Gasteiger partial charge in [0.15, 0.2) is 0 Å². The van der Waals surface area contributed by atoms with Crippen LogP contribution in [0.3, 0.4) is 0 Å². The number of hydrogen-bond donors (Lipinski definition) is 1. The van der Waals surface area contributed by atoms with Crippen molar-refractivity contribution in [1.82, 2.24) is 10.2 Å². The highest BCUT2D eigenvalue weighted by Crippen LogP contribution is 2.22. The number of halogens is 2. The van der Waals surface area contributed by atoms with Crippen LogP contribution in [0.2, 0.25) is 10.0 Å². The molecule has 1 aliphatic rings. The third-order valence-corrected chi connectivity index (χ3v) is 4.66. The van der Waals surface area contributed by atoms with E-state index in [1.165, 1.54) is 0 Å². The number of benzene rings is 1. The number of rotatable bonds is 5. The Balaban J connectivity index is 1.88. The Morgan fingerprint density at radius 1 is 1.35 bits per heavy atom. The molecule has 1 fully saturated rings. The number of carbonyl (C=O) groups is 2. The maximum atomic E-state index is 12.4. The lowest BCUT2D eigenvalue weighted by Crippen LogP contribution is -2.45. The van der Waals surface area contributed by atoms with Gasteiger partial charge >= 0.3 is 0 Å². The zero-order valence-electron chi connectivity index (χ0n) is 13.3. The molecule has 0 radical (unpaired) electrons. The van der Waals surface area contributed by atoms with Crippen LogP contribution in [0, 0.1) is 5.92 Å². The van der Waals surface area contributed by atoms with Crippen molar-refractivity contribution in [2.24, 2.45) is 5.92 Å². The zero-order chi connectivity index (χ0) is 16.8. The molecule has 2 rings (SSSR count). The van der Waals surface area contributed by atoms with Crippen LogP contribution in [0.25, 0.3) is 0 Å². The molecule has 1 unspecified atom stereocenters. The van der Waals surface area contributed by atoms with Crippen molar-refractivity contribution in [2.45, 2.75) is 39.2 Å². The molecule has 0 aliphatic carbocycles. The Morgan fingerprint density at radius 2 is 2.13 bits per heavy atom. The summed E-state index contributed by atoms with van der Waals surface area (Å²) in [6.45, 7) is 3.63. The zero-order valence-corrected chi connectivity index (χ0v) is 14.8. The van der Waals surface area contributed by atoms with Crippen molar-refractivity contribution in [1.29, 1.82) is 0 Å². The molecule has 1 aromatic rings. The molecule has 4 nitrogen and oxygen atoms in total. The van der Waals surface area contributed by atoms with Gasteiger partial charge in [-0.25, -0.2) is 0 Å². The van der Waals surface area contributed by atoms with E-state index in [2.05, 4.69) is 5.32 Å². The molecule has 1 aromatic carbocycles. The molecular weight excluding hydrogens is 335 g/mol. The summed E-state index contributed by atoms with van der Waals surface area (Å²) >= 11 is 12.0. The fourth-order valence-electron chi connectivity index (χ4n) is 2.78. The number of hydrogen-bond acceptors (Lipinski definition) is 2. The van der Waals surface area contributed by atoms with Crippen LogP contribution in [-0.4, -0.2) is 29.8 Å². The molecule has 0 saturated carbocycles. The van der Waals surface area contributed by atoms with Crippen molar-refractivity contribution in [3.05, 3.63) is 33.8 Å². The Labute approximate surface area is 147 Å². The van der Waals surface area contributed by atoms with E-state index < -0.39 is 0 Å². The summed E-state index contributed by atoms with van der Waals surface area (Å²) in [6, 6.07) is 5.22. The molecule has 0 spiro atoms. The number of piperidine rings is 1. The van der Waals surface area contributed by atoms with Crippen molar-refractivity contribution in [2.75, 3.05) is 13.1 Å². The molecule has 0 bridgehead atoms. The summed E-state index contributed by atoms with van der Waals surface area (Å²) in [6.07, 6.45) is 3.07. The smallest absolute Gasteiger partial charge is 0.225 e. The quantitative estimate of drug-likeness (QED) is 0.875. The molecule has 1 heterocycles. The van der Waals surface area contributed by atoms with Crippen LogP contribution in [-0.2, 0) is 16.1 Å². The van der Waals surface area contributed by atoms with Crippen molar-refractivity contribution >= 4 is 35.0 Å². The maximum Gasteiger partial charge on any atom is 0.225 e. The monoisotopic (exact) mass is 356 g/mol. The average molecular weight is 357 g/mol. The van der Waals surface area contributed by atoms with Gasteiger partial charge in [0.25, 0.3) is 0 Å². The molecule has 1 N–H and O–H groups in total. The molecule has 1 atom stereocenters. The number of likely N-dealkylation sites (tertiary alicyclic amines) is 1. The summed E-state index contributed by atoms with van der Waals surface area (Å²) in [7, 11) is 0. The Hall–Kier alpha value is -1.26. The van der Waals surface area contributed by atoms with Gasteiger partial charge in [-0.05, 0) is 37.0 Å². The third kappa shape index (κ3) is 5.11. The number of nitrogens with one attached hydrogen (secondary N) is 1. The summed E-state index contributed by atoms with van der Waals surface area (Å²) in [5, 5.41) is 4.03. The van der Waals surface area contributed by atoms with Gasteiger partial charge in [-0.3, -0.25) is 9.59 Å². The second-order valence-electron chi connectivity index (χ2n) is 5.88. The van der Waals surface area contributed by atoms with E-state index in [1.807, 2.05) is 17.9 Å². The van der Waals surface area contributed by atoms with Crippen molar-refractivity contribution in [3.8, 4) is 0 Å². The van der Waals surface area contributed by atoms with Gasteiger partial charge in [-0.15, -0.1) is 0 Å². The van der Waals surface area contributed by atoms with E-state index in [0.29, 0.717) is 29.6 Å². The summed E-state index contributed by atoms with van der Waals surface area (Å²) in [4.78, 5) is 26.2. The Kier molecular flexibility index (Phi) is 6.72. The highest BCUT2D eigenvalue weighted by Gasteiger charge is 2.27. The first-order chi connectivity index (χ1) is 11.0. The van der Waals surface area contributed by atoms with E-state index in [4.69, 9.17) is 23.2 Å². The predicted molar refractivity (Wildman–Crippen MR) is 92.5 cm³/mol. The van der Waals surface area contributed by atoms with E-state index in [0.717, 1.165) is 31.4 Å². The largest absolute Gasteiger partial charge is 0.352 e. The SMILES string of the molecule is CCCC(=O)N1CCCC(C(=O)NCc2ccc(Cl)cc2Cl)C1. The van der Waals surface area contributed by atoms with Crippen molar-refractivity contribution < 1.29 is 9.59 Å². The van der Waals surface area contributed by atoms with Crippen LogP contribution in [0.1, 0.15) is 38.2 Å². The second kappa shape index (κ2) is 8.55. The van der Waals surface area contributed by atoms with Crippen LogP contribution >= 0.6 is 23.2 Å².